The topological polar surface area (TPSA) is 64.9 Å². The number of nitrogens with zero attached hydrogens (tertiary/aromatic N) is 2. The van der Waals surface area contributed by atoms with E-state index in [0.717, 1.165) is 18.4 Å². The Balaban J connectivity index is 2.03. The van der Waals surface area contributed by atoms with Crippen LogP contribution in [0.2, 0.25) is 0 Å². The number of hydrogen-bond acceptors (Lipinski definition) is 4. The number of hydrogen-bond donors (Lipinski definition) is 1. The van der Waals surface area contributed by atoms with Gasteiger partial charge in [-0.2, -0.15) is 0 Å². The van der Waals surface area contributed by atoms with Crippen molar-refractivity contribution in [2.45, 2.75) is 18.3 Å². The number of benzene rings is 1. The Morgan fingerprint density at radius 3 is 2.38 bits per heavy atom. The average Bonchev–Trinajstić information content (AvgIpc) is 2.97. The van der Waals surface area contributed by atoms with Gasteiger partial charge < -0.3 is 10.2 Å². The second-order valence-corrected chi connectivity index (χ2v) is 4.03. The lowest BCUT2D eigenvalue weighted by molar-refractivity contribution is 0.475. The van der Waals surface area contributed by atoms with Gasteiger partial charge in [-0.15, -0.1) is 5.10 Å². The van der Waals surface area contributed by atoms with Crippen molar-refractivity contribution >= 4 is 6.01 Å². The molecule has 1 fully saturated rings. The second kappa shape index (κ2) is 3.04. The van der Waals surface area contributed by atoms with Gasteiger partial charge in [0, 0.05) is 0 Å². The SMILES string of the molecule is Nc1nnc(C2(c3ccc(F)cc3)CC2)o1. The smallest absolute Gasteiger partial charge is 0.312 e. The van der Waals surface area contributed by atoms with E-state index in [1.165, 1.54) is 12.1 Å². The van der Waals surface area contributed by atoms with E-state index in [2.05, 4.69) is 10.2 Å². The summed E-state index contributed by atoms with van der Waals surface area (Å²) in [6, 6.07) is 6.46. The molecule has 82 valence electrons. The van der Waals surface area contributed by atoms with E-state index in [9.17, 15) is 4.39 Å². The molecular weight excluding hydrogens is 209 g/mol. The van der Waals surface area contributed by atoms with Crippen LogP contribution in [-0.4, -0.2) is 10.2 Å². The summed E-state index contributed by atoms with van der Waals surface area (Å²) in [5, 5.41) is 7.57. The molecule has 2 N–H and O–H groups in total. The lowest BCUT2D eigenvalue weighted by atomic mass is 9.96. The van der Waals surface area contributed by atoms with E-state index in [1.807, 2.05) is 0 Å². The molecule has 0 radical (unpaired) electrons. The first-order valence-corrected chi connectivity index (χ1v) is 5.06. The van der Waals surface area contributed by atoms with Gasteiger partial charge in [0.05, 0.1) is 5.41 Å². The molecular formula is C11H10FN3O. The lowest BCUT2D eigenvalue weighted by Crippen LogP contribution is -2.09. The number of anilines is 1. The van der Waals surface area contributed by atoms with Crippen LogP contribution in [0.5, 0.6) is 0 Å². The molecule has 5 heteroatoms. The maximum absolute atomic E-state index is 12.8. The molecule has 0 aliphatic heterocycles. The van der Waals surface area contributed by atoms with Crippen LogP contribution in [-0.2, 0) is 5.41 Å². The van der Waals surface area contributed by atoms with Crippen molar-refractivity contribution in [3.05, 3.63) is 41.5 Å². The normalized spacial score (nSPS) is 17.3. The molecule has 0 amide bonds. The molecule has 0 unspecified atom stereocenters. The van der Waals surface area contributed by atoms with Crippen molar-refractivity contribution in [1.29, 1.82) is 0 Å². The lowest BCUT2D eigenvalue weighted by Gasteiger charge is -2.10. The number of nitrogen functional groups attached to an aromatic ring is 1. The van der Waals surface area contributed by atoms with Crippen LogP contribution < -0.4 is 5.73 Å². The van der Waals surface area contributed by atoms with Gasteiger partial charge >= 0.3 is 6.01 Å². The molecule has 0 bridgehead atoms. The Kier molecular flexibility index (Phi) is 1.77. The van der Waals surface area contributed by atoms with Crippen molar-refractivity contribution in [3.8, 4) is 0 Å². The first-order valence-electron chi connectivity index (χ1n) is 5.06. The summed E-state index contributed by atoms with van der Waals surface area (Å²) in [5.41, 5.74) is 6.16. The van der Waals surface area contributed by atoms with Crippen molar-refractivity contribution in [2.75, 3.05) is 5.73 Å². The fourth-order valence-electron chi connectivity index (χ4n) is 1.95. The third kappa shape index (κ3) is 1.28. The molecule has 1 heterocycles. The zero-order chi connectivity index (χ0) is 11.2. The summed E-state index contributed by atoms with van der Waals surface area (Å²) < 4.78 is 18.1. The molecule has 0 saturated heterocycles. The van der Waals surface area contributed by atoms with Gasteiger partial charge in [0.15, 0.2) is 0 Å². The van der Waals surface area contributed by atoms with Gasteiger partial charge in [-0.25, -0.2) is 4.39 Å². The minimum Gasteiger partial charge on any atom is -0.407 e. The fraction of sp³-hybridized carbons (Fsp3) is 0.273. The Labute approximate surface area is 91.3 Å². The summed E-state index contributed by atoms with van der Waals surface area (Å²) in [5.74, 6) is 0.279. The Bertz CT molecular complexity index is 516. The number of aromatic nitrogens is 2. The van der Waals surface area contributed by atoms with Crippen LogP contribution in [0.3, 0.4) is 0 Å². The van der Waals surface area contributed by atoms with Crippen LogP contribution in [0.4, 0.5) is 10.4 Å². The third-order valence-electron chi connectivity index (χ3n) is 3.00. The van der Waals surface area contributed by atoms with Gasteiger partial charge in [0.2, 0.25) is 5.89 Å². The van der Waals surface area contributed by atoms with Crippen LogP contribution in [0, 0.1) is 5.82 Å². The first-order chi connectivity index (χ1) is 7.71. The van der Waals surface area contributed by atoms with E-state index >= 15 is 0 Å². The number of halogens is 1. The van der Waals surface area contributed by atoms with Crippen LogP contribution in [0.15, 0.2) is 28.7 Å². The summed E-state index contributed by atoms with van der Waals surface area (Å²) >= 11 is 0. The minimum absolute atomic E-state index is 0.0726. The van der Waals surface area contributed by atoms with Gasteiger partial charge in [-0.3, -0.25) is 0 Å². The zero-order valence-corrected chi connectivity index (χ0v) is 8.48. The van der Waals surface area contributed by atoms with Crippen molar-refractivity contribution in [2.24, 2.45) is 0 Å². The first kappa shape index (κ1) is 9.33. The molecule has 0 atom stereocenters. The predicted molar refractivity (Wildman–Crippen MR) is 55.1 cm³/mol. The third-order valence-corrected chi connectivity index (χ3v) is 3.00. The van der Waals surface area contributed by atoms with Crippen LogP contribution in [0.25, 0.3) is 0 Å². The molecule has 4 nitrogen and oxygen atoms in total. The van der Waals surface area contributed by atoms with Crippen LogP contribution >= 0.6 is 0 Å². The van der Waals surface area contributed by atoms with E-state index in [-0.39, 0.29) is 17.2 Å². The molecule has 1 aliphatic carbocycles. The zero-order valence-electron chi connectivity index (χ0n) is 8.48. The summed E-state index contributed by atoms with van der Waals surface area (Å²) in [6.07, 6.45) is 1.86. The number of rotatable bonds is 2. The Morgan fingerprint density at radius 2 is 1.88 bits per heavy atom. The monoisotopic (exact) mass is 219 g/mol. The molecule has 1 aromatic heterocycles. The molecule has 2 aromatic rings. The van der Waals surface area contributed by atoms with Gasteiger partial charge in [-0.1, -0.05) is 17.2 Å². The molecule has 1 aromatic carbocycles. The van der Waals surface area contributed by atoms with Crippen molar-refractivity contribution in [1.82, 2.24) is 10.2 Å². The quantitative estimate of drug-likeness (QED) is 0.837. The highest BCUT2D eigenvalue weighted by molar-refractivity contribution is 5.38. The highest BCUT2D eigenvalue weighted by Crippen LogP contribution is 2.52. The Hall–Kier alpha value is -1.91. The largest absolute Gasteiger partial charge is 0.407 e. The fourth-order valence-corrected chi connectivity index (χ4v) is 1.95. The second-order valence-electron chi connectivity index (χ2n) is 4.03. The molecule has 0 spiro atoms. The van der Waals surface area contributed by atoms with Crippen molar-refractivity contribution < 1.29 is 8.81 Å². The van der Waals surface area contributed by atoms with Gasteiger partial charge in [-0.05, 0) is 30.5 Å². The van der Waals surface area contributed by atoms with E-state index < -0.39 is 0 Å². The van der Waals surface area contributed by atoms with Crippen LogP contribution in [0.1, 0.15) is 24.3 Å². The highest BCUT2D eigenvalue weighted by atomic mass is 19.1. The summed E-state index contributed by atoms with van der Waals surface area (Å²) in [7, 11) is 0. The number of nitrogens with two attached hydrogens (primary N) is 1. The Morgan fingerprint density at radius 1 is 1.19 bits per heavy atom. The maximum atomic E-state index is 12.8. The molecule has 1 saturated carbocycles. The van der Waals surface area contributed by atoms with Gasteiger partial charge in [0.1, 0.15) is 5.82 Å². The standard InChI is InChI=1S/C11H10FN3O/c12-8-3-1-7(2-4-8)11(5-6-11)9-14-15-10(13)16-9/h1-4H,5-6H2,(H2,13,15). The van der Waals surface area contributed by atoms with E-state index in [4.69, 9.17) is 10.2 Å². The molecule has 16 heavy (non-hydrogen) atoms. The minimum atomic E-state index is -0.246. The summed E-state index contributed by atoms with van der Waals surface area (Å²) in [4.78, 5) is 0. The van der Waals surface area contributed by atoms with Gasteiger partial charge in [0.25, 0.3) is 0 Å². The molecule has 3 rings (SSSR count). The van der Waals surface area contributed by atoms with Crippen molar-refractivity contribution in [3.63, 3.8) is 0 Å². The van der Waals surface area contributed by atoms with E-state index in [0.29, 0.717) is 5.89 Å². The average molecular weight is 219 g/mol. The maximum Gasteiger partial charge on any atom is 0.312 e. The molecule has 1 aliphatic rings. The summed E-state index contributed by atoms with van der Waals surface area (Å²) in [6.45, 7) is 0. The van der Waals surface area contributed by atoms with E-state index in [1.54, 1.807) is 12.1 Å². The highest BCUT2D eigenvalue weighted by Gasteiger charge is 2.50. The predicted octanol–water partition coefficient (Wildman–Crippen LogP) is 1.87.